The van der Waals surface area contributed by atoms with Gasteiger partial charge in [-0.3, -0.25) is 37.3 Å². The molecule has 582 valence electrons. The van der Waals surface area contributed by atoms with Crippen molar-refractivity contribution in [3.8, 4) is 0 Å². The standard InChI is InChI=1S/C79H154O17P2/c1-8-9-10-11-12-13-14-15-16-17-21-26-31-39-46-53-60-76(81)89-66-74(95-78(83)62-55-48-41-32-27-22-19-18-20-24-29-36-43-50-57-70(2)3)68-93-97(85,86)91-64-73(80)65-92-98(87,88)94-69-75(67-90-77(82)61-54-47-40-35-34-38-45-52-59-72(6)7)96-79(84)63-56-49-42-33-28-23-25-30-37-44-51-58-71(4)5/h70-75,80H,8-69H2,1-7H3,(H,85,86)(H,87,88)/t73-,74-,75-/m1/s1. The number of unbranched alkanes of at least 4 members (excludes halogenated alkanes) is 45. The van der Waals surface area contributed by atoms with Gasteiger partial charge >= 0.3 is 39.5 Å². The van der Waals surface area contributed by atoms with Crippen molar-refractivity contribution < 1.29 is 80.2 Å². The second-order valence-corrected chi connectivity index (χ2v) is 32.8. The van der Waals surface area contributed by atoms with Crippen molar-refractivity contribution in [1.29, 1.82) is 0 Å². The van der Waals surface area contributed by atoms with Crippen LogP contribution >= 0.6 is 15.6 Å². The van der Waals surface area contributed by atoms with Crippen LogP contribution in [0.2, 0.25) is 0 Å². The highest BCUT2D eigenvalue weighted by atomic mass is 31.2. The number of phosphoric ester groups is 2. The van der Waals surface area contributed by atoms with Crippen LogP contribution in [0.3, 0.4) is 0 Å². The number of phosphoric acid groups is 2. The summed E-state index contributed by atoms with van der Waals surface area (Å²) in [5, 5.41) is 10.6. The van der Waals surface area contributed by atoms with Crippen LogP contribution in [-0.2, 0) is 65.4 Å². The molecule has 0 spiro atoms. The fourth-order valence-electron chi connectivity index (χ4n) is 12.1. The molecule has 0 aliphatic heterocycles. The van der Waals surface area contributed by atoms with E-state index in [-0.39, 0.29) is 25.7 Å². The molecule has 0 aromatic carbocycles. The van der Waals surface area contributed by atoms with Gasteiger partial charge in [-0.1, -0.05) is 357 Å². The molecule has 0 aromatic rings. The zero-order valence-electron chi connectivity index (χ0n) is 64.3. The SMILES string of the molecule is CCCCCCCCCCCCCCCCCCC(=O)OC[C@H](COP(=O)(O)OC[C@@H](O)COP(=O)(O)OC[C@@H](COC(=O)CCCCCCCCCCC(C)C)OC(=O)CCCCCCCCCCCCCC(C)C)OC(=O)CCCCCCCCCCCCCCCCC(C)C. The van der Waals surface area contributed by atoms with E-state index in [4.69, 9.17) is 37.0 Å². The Balaban J connectivity index is 5.26. The lowest BCUT2D eigenvalue weighted by atomic mass is 10.0. The number of esters is 4. The zero-order valence-corrected chi connectivity index (χ0v) is 66.0. The van der Waals surface area contributed by atoms with Gasteiger partial charge in [-0.25, -0.2) is 9.13 Å². The lowest BCUT2D eigenvalue weighted by molar-refractivity contribution is -0.161. The summed E-state index contributed by atoms with van der Waals surface area (Å²) in [7, 11) is -9.92. The van der Waals surface area contributed by atoms with E-state index >= 15 is 0 Å². The molecule has 0 aromatic heterocycles. The Morgan fingerprint density at radius 3 is 0.694 bits per heavy atom. The third-order valence-corrected chi connectivity index (χ3v) is 20.3. The van der Waals surface area contributed by atoms with Gasteiger partial charge in [0, 0.05) is 25.7 Å². The molecular weight excluding hydrogens is 1280 g/mol. The predicted octanol–water partition coefficient (Wildman–Crippen LogP) is 23.4. The van der Waals surface area contributed by atoms with Gasteiger partial charge in [0.25, 0.3) is 0 Å². The molecular formula is C79H154O17P2. The van der Waals surface area contributed by atoms with E-state index in [0.29, 0.717) is 25.7 Å². The molecule has 0 saturated heterocycles. The van der Waals surface area contributed by atoms with Gasteiger partial charge in [0.2, 0.25) is 0 Å². The van der Waals surface area contributed by atoms with Crippen LogP contribution in [0.5, 0.6) is 0 Å². The van der Waals surface area contributed by atoms with Crippen molar-refractivity contribution in [1.82, 2.24) is 0 Å². The molecule has 2 unspecified atom stereocenters. The fourth-order valence-corrected chi connectivity index (χ4v) is 13.7. The molecule has 0 saturated carbocycles. The maximum atomic E-state index is 13.1. The Labute approximate surface area is 600 Å². The summed E-state index contributed by atoms with van der Waals surface area (Å²) in [6, 6.07) is 0. The van der Waals surface area contributed by atoms with Crippen molar-refractivity contribution in [2.75, 3.05) is 39.6 Å². The molecule has 3 N–H and O–H groups in total. The van der Waals surface area contributed by atoms with Crippen molar-refractivity contribution in [3.63, 3.8) is 0 Å². The van der Waals surface area contributed by atoms with Crippen molar-refractivity contribution >= 4 is 39.5 Å². The first kappa shape index (κ1) is 96.1. The monoisotopic (exact) mass is 1440 g/mol. The predicted molar refractivity (Wildman–Crippen MR) is 400 cm³/mol. The smallest absolute Gasteiger partial charge is 0.462 e. The fraction of sp³-hybridized carbons (Fsp3) is 0.949. The second kappa shape index (κ2) is 69.4. The summed E-state index contributed by atoms with van der Waals surface area (Å²) >= 11 is 0. The summed E-state index contributed by atoms with van der Waals surface area (Å²) in [5.41, 5.74) is 0. The molecule has 0 aliphatic carbocycles. The van der Waals surface area contributed by atoms with E-state index in [2.05, 4.69) is 48.5 Å². The Bertz CT molecular complexity index is 1900. The molecule has 19 heteroatoms. The summed E-state index contributed by atoms with van der Waals surface area (Å²) < 4.78 is 68.7. The topological polar surface area (TPSA) is 237 Å². The molecule has 0 heterocycles. The zero-order chi connectivity index (χ0) is 72.3. The average Bonchev–Trinajstić information content (AvgIpc) is 1.01. The van der Waals surface area contributed by atoms with Gasteiger partial charge in [-0.05, 0) is 43.4 Å². The maximum absolute atomic E-state index is 13.1. The van der Waals surface area contributed by atoms with E-state index in [1.807, 2.05) is 0 Å². The van der Waals surface area contributed by atoms with Gasteiger partial charge in [0.1, 0.15) is 19.3 Å². The highest BCUT2D eigenvalue weighted by molar-refractivity contribution is 7.47. The van der Waals surface area contributed by atoms with Gasteiger partial charge in [-0.15, -0.1) is 0 Å². The first-order valence-electron chi connectivity index (χ1n) is 40.8. The normalized spacial score (nSPS) is 14.0. The van der Waals surface area contributed by atoms with Gasteiger partial charge < -0.3 is 33.8 Å². The van der Waals surface area contributed by atoms with Crippen LogP contribution in [0.25, 0.3) is 0 Å². The van der Waals surface area contributed by atoms with E-state index < -0.39 is 97.5 Å². The quantitative estimate of drug-likeness (QED) is 0.0222. The minimum atomic E-state index is -4.96. The van der Waals surface area contributed by atoms with Crippen molar-refractivity contribution in [2.45, 2.75) is 426 Å². The third-order valence-electron chi connectivity index (χ3n) is 18.4. The Hall–Kier alpha value is -1.94. The summed E-state index contributed by atoms with van der Waals surface area (Å²) in [5.74, 6) is 0.174. The highest BCUT2D eigenvalue weighted by Gasteiger charge is 2.30. The first-order chi connectivity index (χ1) is 47.2. The summed E-state index contributed by atoms with van der Waals surface area (Å²) in [6.45, 7) is 11.9. The molecule has 0 aliphatic rings. The molecule has 17 nitrogen and oxygen atoms in total. The van der Waals surface area contributed by atoms with Crippen LogP contribution < -0.4 is 0 Å². The number of hydrogen-bond donors (Lipinski definition) is 3. The third kappa shape index (κ3) is 72.4. The lowest BCUT2D eigenvalue weighted by Crippen LogP contribution is -2.30. The largest absolute Gasteiger partial charge is 0.472 e. The summed E-state index contributed by atoms with van der Waals surface area (Å²) in [6.07, 6.45) is 56.8. The van der Waals surface area contributed by atoms with E-state index in [1.165, 1.54) is 218 Å². The minimum absolute atomic E-state index is 0.106. The molecule has 0 amide bonds. The molecule has 0 rings (SSSR count). The van der Waals surface area contributed by atoms with E-state index in [9.17, 15) is 43.2 Å². The van der Waals surface area contributed by atoms with Crippen LogP contribution in [0.15, 0.2) is 0 Å². The molecule has 98 heavy (non-hydrogen) atoms. The number of hydrogen-bond acceptors (Lipinski definition) is 15. The van der Waals surface area contributed by atoms with Crippen LogP contribution in [0, 0.1) is 17.8 Å². The number of carbonyl (C=O) groups is 4. The Kier molecular flexibility index (Phi) is 68.1. The molecule has 5 atom stereocenters. The maximum Gasteiger partial charge on any atom is 0.472 e. The first-order valence-corrected chi connectivity index (χ1v) is 43.8. The van der Waals surface area contributed by atoms with Crippen LogP contribution in [0.1, 0.15) is 408 Å². The van der Waals surface area contributed by atoms with Gasteiger partial charge in [0.15, 0.2) is 12.2 Å². The van der Waals surface area contributed by atoms with Gasteiger partial charge in [-0.2, -0.15) is 0 Å². The van der Waals surface area contributed by atoms with Crippen LogP contribution in [0.4, 0.5) is 0 Å². The van der Waals surface area contributed by atoms with E-state index in [0.717, 1.165) is 108 Å². The number of aliphatic hydroxyl groups excluding tert-OH is 1. The van der Waals surface area contributed by atoms with Crippen molar-refractivity contribution in [2.24, 2.45) is 17.8 Å². The number of aliphatic hydroxyl groups is 1. The summed E-state index contributed by atoms with van der Waals surface area (Å²) in [4.78, 5) is 73.0. The molecule has 0 bridgehead atoms. The lowest BCUT2D eigenvalue weighted by Gasteiger charge is -2.21. The van der Waals surface area contributed by atoms with E-state index in [1.54, 1.807) is 0 Å². The number of ether oxygens (including phenoxy) is 4. The number of rotatable bonds is 77. The highest BCUT2D eigenvalue weighted by Crippen LogP contribution is 2.45. The Morgan fingerprint density at radius 1 is 0.276 bits per heavy atom. The molecule has 0 radical (unpaired) electrons. The average molecular weight is 1440 g/mol. The second-order valence-electron chi connectivity index (χ2n) is 29.9. The van der Waals surface area contributed by atoms with Crippen LogP contribution in [-0.4, -0.2) is 96.7 Å². The Morgan fingerprint density at radius 2 is 0.469 bits per heavy atom. The minimum Gasteiger partial charge on any atom is -0.462 e. The molecule has 0 fully saturated rings. The van der Waals surface area contributed by atoms with Crippen molar-refractivity contribution in [3.05, 3.63) is 0 Å². The number of carbonyl (C=O) groups excluding carboxylic acids is 4. The van der Waals surface area contributed by atoms with Gasteiger partial charge in [0.05, 0.1) is 26.4 Å².